The molecule has 1 fully saturated rings. The summed E-state index contributed by atoms with van der Waals surface area (Å²) in [6.45, 7) is 1.09. The summed E-state index contributed by atoms with van der Waals surface area (Å²) in [5.74, 6) is 1.47. The maximum atomic E-state index is 5.87. The van der Waals surface area contributed by atoms with Gasteiger partial charge in [-0.3, -0.25) is 0 Å². The van der Waals surface area contributed by atoms with Crippen LogP contribution in [0.1, 0.15) is 32.1 Å². The molecule has 0 amide bonds. The molecule has 0 aromatic heterocycles. The smallest absolute Gasteiger partial charge is 0.0623 e. The summed E-state index contributed by atoms with van der Waals surface area (Å²) in [5.41, 5.74) is 2.86. The van der Waals surface area contributed by atoms with E-state index < -0.39 is 0 Å². The van der Waals surface area contributed by atoms with Crippen molar-refractivity contribution in [1.29, 1.82) is 0 Å². The lowest BCUT2D eigenvalue weighted by atomic mass is 9.82. The van der Waals surface area contributed by atoms with Crippen molar-refractivity contribution in [1.82, 2.24) is 4.90 Å². The molecule has 0 aromatic carbocycles. The molecule has 1 saturated carbocycles. The van der Waals surface area contributed by atoms with E-state index in [1.54, 1.807) is 5.57 Å². The zero-order valence-electron chi connectivity index (χ0n) is 9.51. The summed E-state index contributed by atoms with van der Waals surface area (Å²) in [5, 5.41) is 0. The van der Waals surface area contributed by atoms with Gasteiger partial charge in [0.2, 0.25) is 0 Å². The molecular weight excluding hydrogens is 206 g/mol. The van der Waals surface area contributed by atoms with E-state index >= 15 is 0 Å². The van der Waals surface area contributed by atoms with Crippen molar-refractivity contribution in [3.63, 3.8) is 0 Å². The van der Waals surface area contributed by atoms with E-state index in [9.17, 15) is 0 Å². The van der Waals surface area contributed by atoms with Crippen molar-refractivity contribution in [2.24, 2.45) is 5.92 Å². The third kappa shape index (κ3) is 2.57. The van der Waals surface area contributed by atoms with Crippen LogP contribution in [-0.2, 0) is 0 Å². The van der Waals surface area contributed by atoms with Crippen molar-refractivity contribution in [3.8, 4) is 0 Å². The van der Waals surface area contributed by atoms with Gasteiger partial charge in [-0.25, -0.2) is 0 Å². The van der Waals surface area contributed by atoms with Crippen LogP contribution in [0.5, 0.6) is 0 Å². The summed E-state index contributed by atoms with van der Waals surface area (Å²) >= 11 is 5.87. The van der Waals surface area contributed by atoms with E-state index in [4.69, 9.17) is 11.6 Å². The summed E-state index contributed by atoms with van der Waals surface area (Å²) in [7, 11) is 2.14. The molecule has 1 nitrogen and oxygen atoms in total. The van der Waals surface area contributed by atoms with Crippen LogP contribution in [0.15, 0.2) is 23.4 Å². The van der Waals surface area contributed by atoms with Gasteiger partial charge in [-0.05, 0) is 30.4 Å². The van der Waals surface area contributed by atoms with Gasteiger partial charge in [-0.15, -0.1) is 11.6 Å². The summed E-state index contributed by atoms with van der Waals surface area (Å²) in [4.78, 5) is 2.29. The zero-order chi connectivity index (χ0) is 10.7. The minimum atomic E-state index is 0.630. The molecule has 0 saturated heterocycles. The number of halogens is 1. The molecule has 0 spiro atoms. The lowest BCUT2D eigenvalue weighted by Crippen LogP contribution is -2.27. The predicted octanol–water partition coefficient (Wildman–Crippen LogP) is 3.56. The van der Waals surface area contributed by atoms with Crippen LogP contribution in [0.4, 0.5) is 0 Å². The second-order valence-corrected chi connectivity index (χ2v) is 4.99. The molecule has 15 heavy (non-hydrogen) atoms. The van der Waals surface area contributed by atoms with Gasteiger partial charge in [-0.2, -0.15) is 0 Å². The van der Waals surface area contributed by atoms with Gasteiger partial charge in [0.1, 0.15) is 0 Å². The number of nitrogens with zero attached hydrogens (tertiary/aromatic N) is 1. The molecular formula is C13H20ClN. The second kappa shape index (κ2) is 5.07. The van der Waals surface area contributed by atoms with Crippen molar-refractivity contribution in [2.45, 2.75) is 32.1 Å². The molecule has 84 valence electrons. The third-order valence-electron chi connectivity index (χ3n) is 3.67. The number of likely N-dealkylation sites (N-methyl/N-ethyl adjacent to an activating group) is 1. The standard InChI is InChI=1S/C13H20ClN/c1-15-10-12(7-8-13(15)9-14)11-5-3-2-4-6-11/h7-8,11H,2-6,9-10H2,1H3. The maximum absolute atomic E-state index is 5.87. The normalized spacial score (nSPS) is 23.7. The number of allylic oxidation sites excluding steroid dienone is 3. The Hall–Kier alpha value is -0.430. The molecule has 2 heteroatoms. The van der Waals surface area contributed by atoms with Crippen LogP contribution >= 0.6 is 11.6 Å². The van der Waals surface area contributed by atoms with Gasteiger partial charge in [0.05, 0.1) is 5.88 Å². The Morgan fingerprint density at radius 2 is 2.00 bits per heavy atom. The Kier molecular flexibility index (Phi) is 3.74. The van der Waals surface area contributed by atoms with Crippen molar-refractivity contribution in [3.05, 3.63) is 23.4 Å². The molecule has 0 aromatic rings. The molecule has 0 bridgehead atoms. The molecule has 1 aliphatic heterocycles. The van der Waals surface area contributed by atoms with E-state index in [1.165, 1.54) is 37.8 Å². The molecule has 0 unspecified atom stereocenters. The first-order chi connectivity index (χ1) is 7.31. The van der Waals surface area contributed by atoms with Gasteiger partial charge >= 0.3 is 0 Å². The first-order valence-electron chi connectivity index (χ1n) is 5.98. The molecule has 2 aliphatic rings. The molecule has 0 radical (unpaired) electrons. The van der Waals surface area contributed by atoms with Crippen LogP contribution in [0.2, 0.25) is 0 Å². The first-order valence-corrected chi connectivity index (χ1v) is 6.51. The lowest BCUT2D eigenvalue weighted by Gasteiger charge is -2.32. The highest BCUT2D eigenvalue weighted by Gasteiger charge is 2.20. The minimum absolute atomic E-state index is 0.630. The van der Waals surface area contributed by atoms with Gasteiger partial charge in [0.25, 0.3) is 0 Å². The largest absolute Gasteiger partial charge is 0.373 e. The fraction of sp³-hybridized carbons (Fsp3) is 0.692. The molecule has 1 heterocycles. The highest BCUT2D eigenvalue weighted by molar-refractivity contribution is 6.19. The third-order valence-corrected chi connectivity index (χ3v) is 3.94. The summed E-state index contributed by atoms with van der Waals surface area (Å²) in [6.07, 6.45) is 11.6. The molecule has 1 aliphatic carbocycles. The Balaban J connectivity index is 2.04. The van der Waals surface area contributed by atoms with E-state index in [2.05, 4.69) is 24.1 Å². The SMILES string of the molecule is CN1CC(C2CCCCC2)=CC=C1CCl. The predicted molar refractivity (Wildman–Crippen MR) is 66.1 cm³/mol. The van der Waals surface area contributed by atoms with Crippen LogP contribution in [0.3, 0.4) is 0 Å². The highest BCUT2D eigenvalue weighted by Crippen LogP contribution is 2.32. The first kappa shape index (κ1) is 11.1. The van der Waals surface area contributed by atoms with E-state index in [0.29, 0.717) is 5.88 Å². The van der Waals surface area contributed by atoms with Crippen LogP contribution in [-0.4, -0.2) is 24.4 Å². The van der Waals surface area contributed by atoms with Crippen molar-refractivity contribution < 1.29 is 0 Å². The zero-order valence-corrected chi connectivity index (χ0v) is 10.3. The fourth-order valence-electron chi connectivity index (χ4n) is 2.64. The summed E-state index contributed by atoms with van der Waals surface area (Å²) in [6, 6.07) is 0. The van der Waals surface area contributed by atoms with Gasteiger partial charge in [0.15, 0.2) is 0 Å². The molecule has 0 N–H and O–H groups in total. The monoisotopic (exact) mass is 225 g/mol. The maximum Gasteiger partial charge on any atom is 0.0623 e. The fourth-order valence-corrected chi connectivity index (χ4v) is 2.94. The van der Waals surface area contributed by atoms with E-state index in [1.807, 2.05) is 0 Å². The Morgan fingerprint density at radius 3 is 2.60 bits per heavy atom. The Bertz CT molecular complexity index is 274. The van der Waals surface area contributed by atoms with Gasteiger partial charge < -0.3 is 4.90 Å². The number of hydrogen-bond donors (Lipinski definition) is 0. The topological polar surface area (TPSA) is 3.24 Å². The number of hydrogen-bond acceptors (Lipinski definition) is 1. The quantitative estimate of drug-likeness (QED) is 0.650. The molecule has 0 atom stereocenters. The van der Waals surface area contributed by atoms with Crippen LogP contribution in [0, 0.1) is 5.92 Å². The van der Waals surface area contributed by atoms with Gasteiger partial charge in [-0.1, -0.05) is 25.3 Å². The van der Waals surface area contributed by atoms with E-state index in [-0.39, 0.29) is 0 Å². The van der Waals surface area contributed by atoms with Crippen molar-refractivity contribution >= 4 is 11.6 Å². The Morgan fingerprint density at radius 1 is 1.27 bits per heavy atom. The number of alkyl halides is 1. The average Bonchev–Trinajstić information content (AvgIpc) is 2.30. The second-order valence-electron chi connectivity index (χ2n) is 4.72. The summed E-state index contributed by atoms with van der Waals surface area (Å²) < 4.78 is 0. The van der Waals surface area contributed by atoms with Crippen molar-refractivity contribution in [2.75, 3.05) is 19.5 Å². The average molecular weight is 226 g/mol. The van der Waals surface area contributed by atoms with E-state index in [0.717, 1.165) is 12.5 Å². The van der Waals surface area contributed by atoms with Crippen LogP contribution in [0.25, 0.3) is 0 Å². The Labute approximate surface area is 97.8 Å². The highest BCUT2D eigenvalue weighted by atomic mass is 35.5. The molecule has 2 rings (SSSR count). The van der Waals surface area contributed by atoms with Crippen LogP contribution < -0.4 is 0 Å². The van der Waals surface area contributed by atoms with Gasteiger partial charge in [0, 0.05) is 19.3 Å². The lowest BCUT2D eigenvalue weighted by molar-refractivity contribution is 0.359. The minimum Gasteiger partial charge on any atom is -0.373 e. The number of rotatable bonds is 2.